The summed E-state index contributed by atoms with van der Waals surface area (Å²) >= 11 is 0. The number of benzene rings is 1. The average Bonchev–Trinajstić information content (AvgIpc) is 2.40. The van der Waals surface area contributed by atoms with Gasteiger partial charge in [-0.15, -0.1) is 0 Å². The van der Waals surface area contributed by atoms with Gasteiger partial charge in [0, 0.05) is 6.54 Å². The Balaban J connectivity index is 3.17. The van der Waals surface area contributed by atoms with Crippen molar-refractivity contribution in [2.45, 2.75) is 27.2 Å². The van der Waals surface area contributed by atoms with Crippen molar-refractivity contribution in [1.82, 2.24) is 0 Å². The summed E-state index contributed by atoms with van der Waals surface area (Å²) in [5, 5.41) is 9.13. The molecule has 96 valence electrons. The number of nitriles is 1. The maximum absolute atomic E-state index is 13.7. The Hall–Kier alpha value is -1.89. The number of halogens is 1. The standard InChI is InChI=1S/C14H17FN2O/c1-4-14(3,10-16)13(18)17(5-2)12-9-7-6-8-11(12)15/h6-9H,4-5H2,1-3H3. The van der Waals surface area contributed by atoms with Gasteiger partial charge in [0.25, 0.3) is 0 Å². The lowest BCUT2D eigenvalue weighted by Gasteiger charge is -2.28. The molecule has 4 heteroatoms. The van der Waals surface area contributed by atoms with Gasteiger partial charge >= 0.3 is 0 Å². The molecule has 0 saturated carbocycles. The van der Waals surface area contributed by atoms with Crippen LogP contribution >= 0.6 is 0 Å². The van der Waals surface area contributed by atoms with E-state index in [1.165, 1.54) is 11.0 Å². The summed E-state index contributed by atoms with van der Waals surface area (Å²) in [6.45, 7) is 5.45. The molecule has 0 aliphatic heterocycles. The van der Waals surface area contributed by atoms with E-state index in [1.54, 1.807) is 39.0 Å². The second-order valence-electron chi connectivity index (χ2n) is 4.30. The van der Waals surface area contributed by atoms with Crippen molar-refractivity contribution in [3.05, 3.63) is 30.1 Å². The lowest BCUT2D eigenvalue weighted by atomic mass is 9.87. The average molecular weight is 248 g/mol. The SMILES string of the molecule is CCN(C(=O)C(C)(C#N)CC)c1ccccc1F. The lowest BCUT2D eigenvalue weighted by Crippen LogP contribution is -2.42. The Morgan fingerprint density at radius 1 is 1.44 bits per heavy atom. The fourth-order valence-electron chi connectivity index (χ4n) is 1.67. The number of carbonyl (C=O) groups excluding carboxylic acids is 1. The second-order valence-corrected chi connectivity index (χ2v) is 4.30. The molecule has 1 atom stereocenters. The number of hydrogen-bond donors (Lipinski definition) is 0. The van der Waals surface area contributed by atoms with Crippen LogP contribution in [0.4, 0.5) is 10.1 Å². The highest BCUT2D eigenvalue weighted by atomic mass is 19.1. The highest BCUT2D eigenvalue weighted by Crippen LogP contribution is 2.28. The predicted molar refractivity (Wildman–Crippen MR) is 68.4 cm³/mol. The molecular formula is C14H17FN2O. The Morgan fingerprint density at radius 3 is 2.50 bits per heavy atom. The quantitative estimate of drug-likeness (QED) is 0.821. The van der Waals surface area contributed by atoms with E-state index in [4.69, 9.17) is 5.26 Å². The van der Waals surface area contributed by atoms with Crippen LogP contribution in [-0.2, 0) is 4.79 Å². The predicted octanol–water partition coefficient (Wildman–Crippen LogP) is 3.12. The molecule has 1 rings (SSSR count). The third-order valence-electron chi connectivity index (χ3n) is 3.13. The van der Waals surface area contributed by atoms with Crippen LogP contribution in [0.25, 0.3) is 0 Å². The summed E-state index contributed by atoms with van der Waals surface area (Å²) in [6, 6.07) is 8.11. The van der Waals surface area contributed by atoms with E-state index in [9.17, 15) is 9.18 Å². The first-order valence-electron chi connectivity index (χ1n) is 5.98. The summed E-state index contributed by atoms with van der Waals surface area (Å²) in [6.07, 6.45) is 0.396. The number of anilines is 1. The first kappa shape index (κ1) is 14.2. The van der Waals surface area contributed by atoms with Crippen molar-refractivity contribution in [3.63, 3.8) is 0 Å². The van der Waals surface area contributed by atoms with Crippen LogP contribution in [0.3, 0.4) is 0 Å². The Labute approximate surface area is 107 Å². The molecule has 1 unspecified atom stereocenters. The summed E-state index contributed by atoms with van der Waals surface area (Å²) in [7, 11) is 0. The third kappa shape index (κ3) is 2.51. The summed E-state index contributed by atoms with van der Waals surface area (Å²) < 4.78 is 13.7. The van der Waals surface area contributed by atoms with Crippen LogP contribution in [0.5, 0.6) is 0 Å². The first-order valence-corrected chi connectivity index (χ1v) is 5.98. The number of rotatable bonds is 4. The molecule has 0 N–H and O–H groups in total. The Kier molecular flexibility index (Phi) is 4.43. The van der Waals surface area contributed by atoms with Crippen LogP contribution in [0.1, 0.15) is 27.2 Å². The van der Waals surface area contributed by atoms with Crippen LogP contribution in [0.15, 0.2) is 24.3 Å². The van der Waals surface area contributed by atoms with Gasteiger partial charge in [0.15, 0.2) is 0 Å². The highest BCUT2D eigenvalue weighted by Gasteiger charge is 2.36. The van der Waals surface area contributed by atoms with Crippen LogP contribution in [0, 0.1) is 22.6 Å². The van der Waals surface area contributed by atoms with Crippen molar-refractivity contribution in [1.29, 1.82) is 5.26 Å². The van der Waals surface area contributed by atoms with Gasteiger partial charge in [0.2, 0.25) is 5.91 Å². The smallest absolute Gasteiger partial charge is 0.247 e. The van der Waals surface area contributed by atoms with Gasteiger partial charge < -0.3 is 4.90 Å². The van der Waals surface area contributed by atoms with E-state index in [-0.39, 0.29) is 11.6 Å². The molecule has 0 aliphatic rings. The fourth-order valence-corrected chi connectivity index (χ4v) is 1.67. The van der Waals surface area contributed by atoms with E-state index in [0.29, 0.717) is 13.0 Å². The van der Waals surface area contributed by atoms with Gasteiger partial charge in [-0.25, -0.2) is 4.39 Å². The van der Waals surface area contributed by atoms with Crippen molar-refractivity contribution < 1.29 is 9.18 Å². The van der Waals surface area contributed by atoms with Crippen LogP contribution in [0.2, 0.25) is 0 Å². The van der Waals surface area contributed by atoms with Crippen LogP contribution < -0.4 is 4.90 Å². The lowest BCUT2D eigenvalue weighted by molar-refractivity contribution is -0.124. The van der Waals surface area contributed by atoms with Gasteiger partial charge in [-0.2, -0.15) is 5.26 Å². The highest BCUT2D eigenvalue weighted by molar-refractivity contribution is 5.99. The molecule has 0 fully saturated rings. The summed E-state index contributed by atoms with van der Waals surface area (Å²) in [4.78, 5) is 13.7. The summed E-state index contributed by atoms with van der Waals surface area (Å²) in [5.41, 5.74) is -0.891. The zero-order chi connectivity index (χ0) is 13.8. The molecule has 0 spiro atoms. The molecule has 3 nitrogen and oxygen atoms in total. The van der Waals surface area contributed by atoms with E-state index >= 15 is 0 Å². The molecule has 18 heavy (non-hydrogen) atoms. The minimum atomic E-state index is -1.11. The molecule has 0 aromatic heterocycles. The number of hydrogen-bond acceptors (Lipinski definition) is 2. The molecular weight excluding hydrogens is 231 g/mol. The fraction of sp³-hybridized carbons (Fsp3) is 0.429. The van der Waals surface area contributed by atoms with E-state index in [1.807, 2.05) is 6.07 Å². The largest absolute Gasteiger partial charge is 0.309 e. The first-order chi connectivity index (χ1) is 8.50. The molecule has 1 aromatic rings. The van der Waals surface area contributed by atoms with Crippen molar-refractivity contribution in [3.8, 4) is 6.07 Å². The van der Waals surface area contributed by atoms with E-state index in [2.05, 4.69) is 0 Å². The molecule has 0 radical (unpaired) electrons. The van der Waals surface area contributed by atoms with Gasteiger partial charge in [-0.1, -0.05) is 19.1 Å². The van der Waals surface area contributed by atoms with E-state index < -0.39 is 11.2 Å². The van der Waals surface area contributed by atoms with Gasteiger partial charge in [-0.05, 0) is 32.4 Å². The molecule has 0 heterocycles. The van der Waals surface area contributed by atoms with Crippen molar-refractivity contribution >= 4 is 11.6 Å². The van der Waals surface area contributed by atoms with Gasteiger partial charge in [0.05, 0.1) is 11.8 Å². The van der Waals surface area contributed by atoms with Gasteiger partial charge in [0.1, 0.15) is 11.2 Å². The maximum atomic E-state index is 13.7. The second kappa shape index (κ2) is 5.63. The summed E-state index contributed by atoms with van der Waals surface area (Å²) in [5.74, 6) is -0.816. The zero-order valence-electron chi connectivity index (χ0n) is 10.9. The number of nitrogens with zero attached hydrogens (tertiary/aromatic N) is 2. The Morgan fingerprint density at radius 2 is 2.06 bits per heavy atom. The van der Waals surface area contributed by atoms with Crippen molar-refractivity contribution in [2.75, 3.05) is 11.4 Å². The molecule has 0 bridgehead atoms. The number of carbonyl (C=O) groups is 1. The van der Waals surface area contributed by atoms with Crippen molar-refractivity contribution in [2.24, 2.45) is 5.41 Å². The van der Waals surface area contributed by atoms with E-state index in [0.717, 1.165) is 0 Å². The minimum absolute atomic E-state index is 0.222. The minimum Gasteiger partial charge on any atom is -0.309 e. The topological polar surface area (TPSA) is 44.1 Å². The third-order valence-corrected chi connectivity index (χ3v) is 3.13. The normalized spacial score (nSPS) is 13.5. The molecule has 1 amide bonds. The van der Waals surface area contributed by atoms with Crippen LogP contribution in [-0.4, -0.2) is 12.5 Å². The molecule has 0 saturated heterocycles. The van der Waals surface area contributed by atoms with Gasteiger partial charge in [-0.3, -0.25) is 4.79 Å². The zero-order valence-corrected chi connectivity index (χ0v) is 10.9. The number of para-hydroxylation sites is 1. The Bertz CT molecular complexity index is 481. The number of amides is 1. The monoisotopic (exact) mass is 248 g/mol. The maximum Gasteiger partial charge on any atom is 0.247 e. The molecule has 1 aromatic carbocycles. The molecule has 0 aliphatic carbocycles.